The third kappa shape index (κ3) is 3.00. The van der Waals surface area contributed by atoms with Gasteiger partial charge in [-0.05, 0) is 37.9 Å². The third-order valence-electron chi connectivity index (χ3n) is 2.03. The van der Waals surface area contributed by atoms with Gasteiger partial charge in [-0.3, -0.25) is 0 Å². The number of hydrogen-bond donors (Lipinski definition) is 1. The highest BCUT2D eigenvalue weighted by atomic mass is 79.9. The van der Waals surface area contributed by atoms with Gasteiger partial charge in [0.05, 0.1) is 16.1 Å². The Balaban J connectivity index is 2.26. The molecule has 5 nitrogen and oxygen atoms in total. The number of nitrogens with two attached hydrogens (primary N) is 1. The van der Waals surface area contributed by atoms with Crippen molar-refractivity contribution in [2.75, 3.05) is 7.11 Å². The van der Waals surface area contributed by atoms with Gasteiger partial charge < -0.3 is 15.2 Å². The van der Waals surface area contributed by atoms with E-state index in [1.807, 2.05) is 6.07 Å². The van der Waals surface area contributed by atoms with Crippen LogP contribution in [-0.4, -0.2) is 17.3 Å². The quantitative estimate of drug-likeness (QED) is 0.861. The zero-order valence-electron chi connectivity index (χ0n) is 9.31. The SMILES string of the molecule is COc1cc(Br)c(Oc2nnc(CN)s2)cc1Br. The molecule has 0 aliphatic rings. The van der Waals surface area contributed by atoms with E-state index >= 15 is 0 Å². The van der Waals surface area contributed by atoms with Gasteiger partial charge in [0.15, 0.2) is 0 Å². The Hall–Kier alpha value is -0.700. The summed E-state index contributed by atoms with van der Waals surface area (Å²) in [5, 5.41) is 8.96. The van der Waals surface area contributed by atoms with Crippen LogP contribution >= 0.6 is 43.2 Å². The van der Waals surface area contributed by atoms with Crippen molar-refractivity contribution in [3.05, 3.63) is 26.1 Å². The topological polar surface area (TPSA) is 70.3 Å². The molecule has 0 saturated carbocycles. The molecule has 96 valence electrons. The Morgan fingerprint density at radius 2 is 1.89 bits per heavy atom. The highest BCUT2D eigenvalue weighted by molar-refractivity contribution is 9.11. The fourth-order valence-electron chi connectivity index (χ4n) is 1.20. The summed E-state index contributed by atoms with van der Waals surface area (Å²) in [6.07, 6.45) is 0. The molecular weight excluding hydrogens is 386 g/mol. The molecule has 0 amide bonds. The summed E-state index contributed by atoms with van der Waals surface area (Å²) in [4.78, 5) is 0. The minimum absolute atomic E-state index is 0.356. The number of methoxy groups -OCH3 is 1. The molecule has 0 bridgehead atoms. The first-order valence-corrected chi connectivity index (χ1v) is 7.27. The second-order valence-electron chi connectivity index (χ2n) is 3.19. The maximum absolute atomic E-state index is 5.63. The van der Waals surface area contributed by atoms with E-state index in [0.717, 1.165) is 14.0 Å². The minimum atomic E-state index is 0.356. The van der Waals surface area contributed by atoms with Gasteiger partial charge in [0, 0.05) is 12.6 Å². The monoisotopic (exact) mass is 393 g/mol. The van der Waals surface area contributed by atoms with Crippen LogP contribution in [0.3, 0.4) is 0 Å². The first-order valence-electron chi connectivity index (χ1n) is 4.87. The maximum Gasteiger partial charge on any atom is 0.299 e. The summed E-state index contributed by atoms with van der Waals surface area (Å²) in [5.41, 5.74) is 5.47. The van der Waals surface area contributed by atoms with Crippen LogP contribution in [0.2, 0.25) is 0 Å². The first kappa shape index (κ1) is 13.7. The number of nitrogens with zero attached hydrogens (tertiary/aromatic N) is 2. The van der Waals surface area contributed by atoms with E-state index in [9.17, 15) is 0 Å². The van der Waals surface area contributed by atoms with Crippen LogP contribution in [0.25, 0.3) is 0 Å². The molecule has 0 saturated heterocycles. The molecule has 18 heavy (non-hydrogen) atoms. The van der Waals surface area contributed by atoms with Gasteiger partial charge in [-0.2, -0.15) is 0 Å². The molecule has 8 heteroatoms. The van der Waals surface area contributed by atoms with Crippen molar-refractivity contribution in [2.24, 2.45) is 5.73 Å². The van der Waals surface area contributed by atoms with Crippen molar-refractivity contribution in [1.82, 2.24) is 10.2 Å². The lowest BCUT2D eigenvalue weighted by molar-refractivity contribution is 0.409. The second kappa shape index (κ2) is 5.96. The zero-order valence-corrected chi connectivity index (χ0v) is 13.3. The van der Waals surface area contributed by atoms with E-state index in [2.05, 4.69) is 42.1 Å². The molecular formula is C10H9Br2N3O2S. The van der Waals surface area contributed by atoms with Crippen molar-refractivity contribution in [2.45, 2.75) is 6.54 Å². The van der Waals surface area contributed by atoms with Crippen LogP contribution in [-0.2, 0) is 6.54 Å². The zero-order chi connectivity index (χ0) is 13.1. The maximum atomic E-state index is 5.63. The molecule has 0 fully saturated rings. The summed E-state index contributed by atoms with van der Waals surface area (Å²) in [7, 11) is 1.60. The van der Waals surface area contributed by atoms with Gasteiger partial charge in [-0.25, -0.2) is 0 Å². The first-order chi connectivity index (χ1) is 8.63. The highest BCUT2D eigenvalue weighted by Crippen LogP contribution is 2.38. The average Bonchev–Trinajstić information content (AvgIpc) is 2.81. The normalized spacial score (nSPS) is 10.4. The van der Waals surface area contributed by atoms with E-state index in [-0.39, 0.29) is 0 Å². The summed E-state index contributed by atoms with van der Waals surface area (Å²) in [6.45, 7) is 0.356. The van der Waals surface area contributed by atoms with Gasteiger partial charge in [0.25, 0.3) is 5.19 Å². The molecule has 2 N–H and O–H groups in total. The van der Waals surface area contributed by atoms with Crippen LogP contribution in [0.4, 0.5) is 0 Å². The van der Waals surface area contributed by atoms with Crippen LogP contribution in [0.1, 0.15) is 5.01 Å². The number of benzene rings is 1. The smallest absolute Gasteiger partial charge is 0.299 e. The van der Waals surface area contributed by atoms with E-state index in [0.29, 0.717) is 23.2 Å². The molecule has 0 aliphatic carbocycles. The van der Waals surface area contributed by atoms with Crippen LogP contribution in [0, 0.1) is 0 Å². The molecule has 2 aromatic rings. The third-order valence-corrected chi connectivity index (χ3v) is 4.09. The molecule has 0 unspecified atom stereocenters. The van der Waals surface area contributed by atoms with Gasteiger partial charge in [0.1, 0.15) is 16.5 Å². The Bertz CT molecular complexity index is 562. The van der Waals surface area contributed by atoms with Crippen molar-refractivity contribution in [1.29, 1.82) is 0 Å². The predicted octanol–water partition coefficient (Wildman–Crippen LogP) is 3.32. The molecule has 1 heterocycles. The fraction of sp³-hybridized carbons (Fsp3) is 0.200. The number of halogens is 2. The molecule has 0 spiro atoms. The summed E-state index contributed by atoms with van der Waals surface area (Å²) < 4.78 is 12.4. The molecule has 0 atom stereocenters. The Morgan fingerprint density at radius 1 is 1.22 bits per heavy atom. The van der Waals surface area contributed by atoms with Crippen molar-refractivity contribution in [3.63, 3.8) is 0 Å². The van der Waals surface area contributed by atoms with Crippen molar-refractivity contribution < 1.29 is 9.47 Å². The molecule has 0 radical (unpaired) electrons. The lowest BCUT2D eigenvalue weighted by Crippen LogP contribution is -1.94. The number of ether oxygens (including phenoxy) is 2. The summed E-state index contributed by atoms with van der Waals surface area (Å²) >= 11 is 8.12. The van der Waals surface area contributed by atoms with Crippen LogP contribution < -0.4 is 15.2 Å². The summed E-state index contributed by atoms with van der Waals surface area (Å²) in [6, 6.07) is 3.61. The van der Waals surface area contributed by atoms with Crippen LogP contribution in [0.5, 0.6) is 16.7 Å². The molecule has 2 rings (SSSR count). The van der Waals surface area contributed by atoms with Gasteiger partial charge in [-0.15, -0.1) is 5.10 Å². The van der Waals surface area contributed by atoms with Crippen molar-refractivity contribution in [3.8, 4) is 16.7 Å². The number of aromatic nitrogens is 2. The largest absolute Gasteiger partial charge is 0.496 e. The van der Waals surface area contributed by atoms with Gasteiger partial charge in [0.2, 0.25) is 0 Å². The van der Waals surface area contributed by atoms with Gasteiger partial charge in [-0.1, -0.05) is 16.4 Å². The van der Waals surface area contributed by atoms with E-state index in [4.69, 9.17) is 15.2 Å². The van der Waals surface area contributed by atoms with E-state index in [1.165, 1.54) is 11.3 Å². The highest BCUT2D eigenvalue weighted by Gasteiger charge is 2.11. The molecule has 1 aromatic heterocycles. The molecule has 1 aromatic carbocycles. The van der Waals surface area contributed by atoms with Crippen LogP contribution in [0.15, 0.2) is 21.1 Å². The Labute approximate surface area is 125 Å². The number of rotatable bonds is 4. The van der Waals surface area contributed by atoms with E-state index < -0.39 is 0 Å². The van der Waals surface area contributed by atoms with Crippen molar-refractivity contribution >= 4 is 43.2 Å². The predicted molar refractivity (Wildman–Crippen MR) is 76.3 cm³/mol. The lowest BCUT2D eigenvalue weighted by atomic mass is 10.3. The minimum Gasteiger partial charge on any atom is -0.496 e. The second-order valence-corrected chi connectivity index (χ2v) is 5.92. The lowest BCUT2D eigenvalue weighted by Gasteiger charge is -2.08. The Morgan fingerprint density at radius 3 is 2.50 bits per heavy atom. The average molecular weight is 395 g/mol. The van der Waals surface area contributed by atoms with E-state index in [1.54, 1.807) is 13.2 Å². The Kier molecular flexibility index (Phi) is 4.55. The number of hydrogen-bond acceptors (Lipinski definition) is 6. The standard InChI is InChI=1S/C10H9Br2N3O2S/c1-16-7-2-6(12)8(3-5(7)11)17-10-15-14-9(4-13)18-10/h2-3H,4,13H2,1H3. The molecule has 0 aliphatic heterocycles. The van der Waals surface area contributed by atoms with Gasteiger partial charge >= 0.3 is 0 Å². The summed E-state index contributed by atoms with van der Waals surface area (Å²) in [5.74, 6) is 1.34. The fourth-order valence-corrected chi connectivity index (χ4v) is 2.67.